The summed E-state index contributed by atoms with van der Waals surface area (Å²) in [4.78, 5) is 11.4. The molecule has 3 heteroatoms. The highest BCUT2D eigenvalue weighted by Crippen LogP contribution is 2.19. The molecule has 3 nitrogen and oxygen atoms in total. The molecule has 2 atom stereocenters. The van der Waals surface area contributed by atoms with Crippen LogP contribution in [0.2, 0.25) is 0 Å². The van der Waals surface area contributed by atoms with E-state index in [4.69, 9.17) is 4.74 Å². The molecule has 1 aliphatic rings. The van der Waals surface area contributed by atoms with Gasteiger partial charge in [0.2, 0.25) is 0 Å². The first kappa shape index (κ1) is 11.5. The molecule has 0 aromatic carbocycles. The molecule has 0 radical (unpaired) electrons. The van der Waals surface area contributed by atoms with E-state index >= 15 is 0 Å². The van der Waals surface area contributed by atoms with E-state index in [0.717, 1.165) is 19.4 Å². The van der Waals surface area contributed by atoms with Crippen molar-refractivity contribution in [3.8, 4) is 0 Å². The predicted octanol–water partition coefficient (Wildman–Crippen LogP) is 1.57. The van der Waals surface area contributed by atoms with E-state index in [9.17, 15) is 4.79 Å². The molecular weight excluding hydrogens is 178 g/mol. The van der Waals surface area contributed by atoms with E-state index in [1.807, 2.05) is 6.92 Å². The molecule has 0 aliphatic carbocycles. The van der Waals surface area contributed by atoms with E-state index < -0.39 is 0 Å². The molecule has 1 N–H and O–H groups in total. The zero-order chi connectivity index (χ0) is 10.6. The summed E-state index contributed by atoms with van der Waals surface area (Å²) in [5.41, 5.74) is 0. The fourth-order valence-electron chi connectivity index (χ4n) is 1.91. The number of carbonyl (C=O) groups is 1. The fraction of sp³-hybridized carbons (Fsp3) is 0.909. The maximum atomic E-state index is 11.4. The van der Waals surface area contributed by atoms with Crippen LogP contribution in [0.25, 0.3) is 0 Å². The number of nitrogens with one attached hydrogen (secondary N) is 1. The van der Waals surface area contributed by atoms with Crippen LogP contribution in [-0.4, -0.2) is 25.2 Å². The number of piperidine rings is 1. The number of hydrogen-bond donors (Lipinski definition) is 1. The zero-order valence-corrected chi connectivity index (χ0v) is 9.38. The molecule has 82 valence electrons. The van der Waals surface area contributed by atoms with Crippen LogP contribution in [0.4, 0.5) is 0 Å². The highest BCUT2D eigenvalue weighted by Gasteiger charge is 2.27. The Kier molecular flexibility index (Phi) is 4.39. The summed E-state index contributed by atoms with van der Waals surface area (Å²) in [7, 11) is 0. The summed E-state index contributed by atoms with van der Waals surface area (Å²) in [6, 6.07) is 0.570. The lowest BCUT2D eigenvalue weighted by Crippen LogP contribution is -2.44. The molecule has 0 aromatic heterocycles. The van der Waals surface area contributed by atoms with Gasteiger partial charge in [-0.15, -0.1) is 0 Å². The fourth-order valence-corrected chi connectivity index (χ4v) is 1.91. The highest BCUT2D eigenvalue weighted by molar-refractivity contribution is 5.72. The van der Waals surface area contributed by atoms with E-state index in [1.54, 1.807) is 0 Å². The second-order valence-corrected chi connectivity index (χ2v) is 4.29. The standard InChI is InChI=1S/C11H21NO2/c1-4-14-11(13)9-5-6-10(8(2)3)12-7-9/h8-10,12H,4-7H2,1-3H3/t9-,10-/m1/s1. The Bertz CT molecular complexity index is 184. The third kappa shape index (κ3) is 2.98. The van der Waals surface area contributed by atoms with Crippen LogP contribution >= 0.6 is 0 Å². The SMILES string of the molecule is CCOC(=O)[C@@H]1CC[C@H](C(C)C)NC1. The van der Waals surface area contributed by atoms with Gasteiger partial charge in [-0.2, -0.15) is 0 Å². The number of carbonyl (C=O) groups excluding carboxylic acids is 1. The normalized spacial score (nSPS) is 27.7. The minimum absolute atomic E-state index is 0.0396. The monoisotopic (exact) mass is 199 g/mol. The molecule has 0 unspecified atom stereocenters. The van der Waals surface area contributed by atoms with Crippen LogP contribution in [0.1, 0.15) is 33.6 Å². The largest absolute Gasteiger partial charge is 0.466 e. The van der Waals surface area contributed by atoms with Gasteiger partial charge in [0.25, 0.3) is 0 Å². The molecule has 14 heavy (non-hydrogen) atoms. The molecule has 1 rings (SSSR count). The van der Waals surface area contributed by atoms with Gasteiger partial charge in [-0.1, -0.05) is 13.8 Å². The number of rotatable bonds is 3. The molecule has 1 fully saturated rings. The van der Waals surface area contributed by atoms with Crippen molar-refractivity contribution < 1.29 is 9.53 Å². The maximum Gasteiger partial charge on any atom is 0.310 e. The van der Waals surface area contributed by atoms with Crippen molar-refractivity contribution in [2.75, 3.05) is 13.2 Å². The maximum absolute atomic E-state index is 11.4. The van der Waals surface area contributed by atoms with E-state index in [2.05, 4.69) is 19.2 Å². The Labute approximate surface area is 86.2 Å². The lowest BCUT2D eigenvalue weighted by molar-refractivity contribution is -0.148. The van der Waals surface area contributed by atoms with Gasteiger partial charge in [0, 0.05) is 12.6 Å². The molecule has 0 spiro atoms. The van der Waals surface area contributed by atoms with Crippen LogP contribution < -0.4 is 5.32 Å². The number of esters is 1. The van der Waals surface area contributed by atoms with Crippen LogP contribution in [-0.2, 0) is 9.53 Å². The summed E-state index contributed by atoms with van der Waals surface area (Å²) in [5, 5.41) is 3.41. The van der Waals surface area contributed by atoms with Crippen LogP contribution in [0.5, 0.6) is 0 Å². The first-order valence-corrected chi connectivity index (χ1v) is 5.55. The Morgan fingerprint density at radius 1 is 1.50 bits per heavy atom. The molecule has 0 bridgehead atoms. The molecule has 1 saturated heterocycles. The first-order chi connectivity index (χ1) is 6.65. The van der Waals surface area contributed by atoms with Gasteiger partial charge in [-0.25, -0.2) is 0 Å². The Morgan fingerprint density at radius 3 is 2.64 bits per heavy atom. The van der Waals surface area contributed by atoms with Crippen molar-refractivity contribution in [2.45, 2.75) is 39.7 Å². The van der Waals surface area contributed by atoms with E-state index in [1.165, 1.54) is 0 Å². The molecular formula is C11H21NO2. The predicted molar refractivity (Wildman–Crippen MR) is 56.0 cm³/mol. The van der Waals surface area contributed by atoms with Crippen molar-refractivity contribution in [3.63, 3.8) is 0 Å². The average molecular weight is 199 g/mol. The smallest absolute Gasteiger partial charge is 0.310 e. The molecule has 0 saturated carbocycles. The van der Waals surface area contributed by atoms with E-state index in [-0.39, 0.29) is 11.9 Å². The Balaban J connectivity index is 2.31. The molecule has 1 aliphatic heterocycles. The highest BCUT2D eigenvalue weighted by atomic mass is 16.5. The number of ether oxygens (including phenoxy) is 1. The topological polar surface area (TPSA) is 38.3 Å². The lowest BCUT2D eigenvalue weighted by atomic mass is 9.89. The van der Waals surface area contributed by atoms with Crippen molar-refractivity contribution in [3.05, 3.63) is 0 Å². The third-order valence-electron chi connectivity index (χ3n) is 2.88. The zero-order valence-electron chi connectivity index (χ0n) is 9.38. The quantitative estimate of drug-likeness (QED) is 0.701. The van der Waals surface area contributed by atoms with E-state index in [0.29, 0.717) is 18.6 Å². The van der Waals surface area contributed by atoms with Gasteiger partial charge in [-0.3, -0.25) is 4.79 Å². The minimum Gasteiger partial charge on any atom is -0.466 e. The first-order valence-electron chi connectivity index (χ1n) is 5.55. The summed E-state index contributed by atoms with van der Waals surface area (Å²) < 4.78 is 5.00. The van der Waals surface area contributed by atoms with Crippen molar-refractivity contribution in [1.82, 2.24) is 5.32 Å². The van der Waals surface area contributed by atoms with Crippen molar-refractivity contribution >= 4 is 5.97 Å². The summed E-state index contributed by atoms with van der Waals surface area (Å²) in [5.74, 6) is 0.685. The van der Waals surface area contributed by atoms with Crippen molar-refractivity contribution in [2.24, 2.45) is 11.8 Å². The number of hydrogen-bond acceptors (Lipinski definition) is 3. The van der Waals surface area contributed by atoms with Gasteiger partial charge in [0.1, 0.15) is 0 Å². The average Bonchev–Trinajstić information content (AvgIpc) is 2.18. The molecule has 0 aromatic rings. The summed E-state index contributed by atoms with van der Waals surface area (Å²) >= 11 is 0. The second kappa shape index (κ2) is 5.35. The minimum atomic E-state index is -0.0396. The van der Waals surface area contributed by atoms with Gasteiger partial charge < -0.3 is 10.1 Å². The van der Waals surface area contributed by atoms with Crippen LogP contribution in [0.15, 0.2) is 0 Å². The second-order valence-electron chi connectivity index (χ2n) is 4.29. The molecule has 0 amide bonds. The van der Waals surface area contributed by atoms with Gasteiger partial charge >= 0.3 is 5.97 Å². The Hall–Kier alpha value is -0.570. The van der Waals surface area contributed by atoms with Gasteiger partial charge in [0.15, 0.2) is 0 Å². The lowest BCUT2D eigenvalue weighted by Gasteiger charge is -2.31. The van der Waals surface area contributed by atoms with Gasteiger partial charge in [0.05, 0.1) is 12.5 Å². The summed E-state index contributed by atoms with van der Waals surface area (Å²) in [6.07, 6.45) is 2.05. The molecule has 1 heterocycles. The third-order valence-corrected chi connectivity index (χ3v) is 2.88. The van der Waals surface area contributed by atoms with Crippen LogP contribution in [0, 0.1) is 11.8 Å². The Morgan fingerprint density at radius 2 is 2.21 bits per heavy atom. The van der Waals surface area contributed by atoms with Gasteiger partial charge in [-0.05, 0) is 25.7 Å². The van der Waals surface area contributed by atoms with Crippen molar-refractivity contribution in [1.29, 1.82) is 0 Å². The van der Waals surface area contributed by atoms with Crippen LogP contribution in [0.3, 0.4) is 0 Å². The summed E-state index contributed by atoms with van der Waals surface area (Å²) in [6.45, 7) is 7.54.